The molecule has 6 aliphatic heterocycles. The van der Waals surface area contributed by atoms with Crippen LogP contribution in [0.3, 0.4) is 0 Å². The number of benzene rings is 6. The number of alkyl halides is 6. The van der Waals surface area contributed by atoms with Crippen LogP contribution in [0.2, 0.25) is 0 Å². The number of halogens is 8. The molecule has 2 aromatic heterocycles. The molecule has 0 saturated carbocycles. The molecule has 668 valence electrons. The van der Waals surface area contributed by atoms with Crippen LogP contribution in [0.1, 0.15) is 198 Å². The first-order chi connectivity index (χ1) is 60.2. The van der Waals surface area contributed by atoms with Crippen LogP contribution in [0.5, 0.6) is 0 Å². The maximum absolute atomic E-state index is 15.8. The van der Waals surface area contributed by atoms with Gasteiger partial charge in [-0.3, -0.25) is 92.6 Å². The molecular weight excluding hydrogens is 1670 g/mol. The molecule has 37 heteroatoms. The maximum atomic E-state index is 15.8. The standard InChI is InChI=1S/C45H45F4N7O7.C27H26F4N4O4.C18H21N3O4/c1-24-22-55(23-25(2)54(24)3)35-14-12-26(19-34(35)52-41(60)30-21-51-39(59)20-31(30)45(47,48)49)28-13-11-27(18-32(28)46)37(57)10-5-4-6-17-50-33-9-7-8-29-40(33)44(63)56(43(29)62)36-15-16-38(58)53-42(36)61;1-14-12-35(13-15(2)34(14)3)23-7-5-16(18-6-4-17(26(38)39)8-21(18)28)9-22(23)33-25(37)19-11-32-24(36)10-20(19)27(29,30)31;19-10-3-1-2-5-11-6-4-7-12-15(11)18(25)21(17(12)24)13-8-9-14(22)20-16(13)23/h7-9,11-14,18-21,24-25,36,50H,4-6,10,15-17,22-23H2,1-3H3,(H,51,59)(H,52,60)(H,53,58,61);4-11,14-15H,12-13H2,1-3H3,(H,32,36)(H,33,37)(H,38,39);4,6-7,13H,1-3,5,8-10,19H2,(H,20,22,23)/t24-,25+,36?;14-,15+;. The Labute approximate surface area is 721 Å². The van der Waals surface area contributed by atoms with E-state index >= 15 is 4.39 Å². The summed E-state index contributed by atoms with van der Waals surface area (Å²) in [6, 6.07) is 25.9. The van der Waals surface area contributed by atoms with E-state index in [1.54, 1.807) is 48.5 Å². The molecule has 6 atom stereocenters. The second-order valence-electron chi connectivity index (χ2n) is 32.1. The quantitative estimate of drug-likeness (QED) is 0.0117. The SMILES string of the molecule is C[C@@H]1CN(c2ccc(-c3ccc(C(=O)CCCCCNc4cccc5c4C(=O)N(C4CCC(=O)NC4=O)C5=O)cc3F)cc2NC(=O)c2c[nH]c(=O)cc2C(F)(F)F)C[C@H](C)N1C.C[C@@H]1CN(c2ccc(-c3ccc(C(=O)O)cc3F)cc2NC(=O)c2c[nH]c(=O)cc2C(F)(F)F)C[C@H](C)N1C.NCCCCCc1cccc2c1C(=O)N(C1CCC(=O)NC1=O)C2=O. The average Bonchev–Trinajstić information content (AvgIpc) is 1.62. The number of carboxylic acid groups (broad SMARTS) is 1. The van der Waals surface area contributed by atoms with Crippen molar-refractivity contribution in [2.45, 2.75) is 153 Å². The van der Waals surface area contributed by atoms with Gasteiger partial charge in [-0.1, -0.05) is 61.4 Å². The first-order valence-corrected chi connectivity index (χ1v) is 41.2. The zero-order chi connectivity index (χ0) is 91.9. The first kappa shape index (κ1) is 92.8. The van der Waals surface area contributed by atoms with Crippen molar-refractivity contribution in [3.05, 3.63) is 227 Å². The number of nitrogens with one attached hydrogen (secondary N) is 7. The van der Waals surface area contributed by atoms with Gasteiger partial charge in [0.15, 0.2) is 5.78 Å². The molecule has 127 heavy (non-hydrogen) atoms. The van der Waals surface area contributed by atoms with Gasteiger partial charge in [-0.05, 0) is 171 Å². The minimum Gasteiger partial charge on any atom is -0.478 e. The topological polar surface area (TPSA) is 396 Å². The number of aryl methyl sites for hydroxylation is 1. The van der Waals surface area contributed by atoms with Gasteiger partial charge in [0.25, 0.3) is 35.4 Å². The molecule has 0 spiro atoms. The highest BCUT2D eigenvalue weighted by atomic mass is 19.4. The number of piperidine rings is 2. The van der Waals surface area contributed by atoms with Crippen molar-refractivity contribution in [3.63, 3.8) is 0 Å². The highest BCUT2D eigenvalue weighted by Gasteiger charge is 2.48. The molecule has 10 N–H and O–H groups in total. The van der Waals surface area contributed by atoms with Crippen LogP contribution in [0.15, 0.2) is 143 Å². The summed E-state index contributed by atoms with van der Waals surface area (Å²) in [5.74, 6) is -9.64. The number of rotatable bonds is 24. The molecule has 0 radical (unpaired) electrons. The van der Waals surface area contributed by atoms with Gasteiger partial charge in [0.05, 0.1) is 72.8 Å². The van der Waals surface area contributed by atoms with Gasteiger partial charge in [-0.25, -0.2) is 13.6 Å². The van der Waals surface area contributed by atoms with Crippen LogP contribution in [0.4, 0.5) is 63.6 Å². The number of amides is 10. The monoisotopic (exact) mass is 1760 g/mol. The molecule has 29 nitrogen and oxygen atoms in total. The molecule has 6 aromatic carbocycles. The molecule has 8 aromatic rings. The summed E-state index contributed by atoms with van der Waals surface area (Å²) in [7, 11) is 3.97. The molecular formula is C90H92F8N14O15. The van der Waals surface area contributed by atoms with Gasteiger partial charge < -0.3 is 46.6 Å². The minimum atomic E-state index is -4.99. The summed E-state index contributed by atoms with van der Waals surface area (Å²) >= 11 is 0. The molecule has 10 amide bonds. The number of nitrogens with two attached hydrogens (primary N) is 1. The van der Waals surface area contributed by atoms with Gasteiger partial charge in [-0.2, -0.15) is 26.3 Å². The number of likely N-dealkylation sites (N-methyl/N-ethyl adjacent to an activating group) is 2. The van der Waals surface area contributed by atoms with Crippen molar-refractivity contribution >= 4 is 99.3 Å². The average molecular weight is 1760 g/mol. The summed E-state index contributed by atoms with van der Waals surface area (Å²) in [4.78, 5) is 188. The van der Waals surface area contributed by atoms with Crippen molar-refractivity contribution in [2.24, 2.45) is 5.73 Å². The number of aromatic carboxylic acids is 1. The summed E-state index contributed by atoms with van der Waals surface area (Å²) in [5, 5.41) is 21.8. The number of hydrogen-bond donors (Lipinski definition) is 9. The lowest BCUT2D eigenvalue weighted by atomic mass is 9.98. The van der Waals surface area contributed by atoms with Crippen LogP contribution in [-0.4, -0.2) is 195 Å². The number of unbranched alkanes of at least 4 members (excludes halogenated alkanes) is 4. The summed E-state index contributed by atoms with van der Waals surface area (Å²) in [6.45, 7) is 11.3. The van der Waals surface area contributed by atoms with Crippen LogP contribution in [0.25, 0.3) is 22.3 Å². The Balaban J connectivity index is 0.000000193. The van der Waals surface area contributed by atoms with E-state index in [9.17, 15) is 97.9 Å². The van der Waals surface area contributed by atoms with E-state index in [1.807, 2.05) is 57.7 Å². The van der Waals surface area contributed by atoms with E-state index in [4.69, 9.17) is 10.8 Å². The third kappa shape index (κ3) is 20.7. The van der Waals surface area contributed by atoms with Crippen LogP contribution >= 0.6 is 0 Å². The van der Waals surface area contributed by atoms with Crippen molar-refractivity contribution < 1.29 is 97.8 Å². The zero-order valence-corrected chi connectivity index (χ0v) is 69.8. The summed E-state index contributed by atoms with van der Waals surface area (Å²) in [5.41, 5.74) is 3.23. The van der Waals surface area contributed by atoms with Crippen molar-refractivity contribution in [1.29, 1.82) is 0 Å². The van der Waals surface area contributed by atoms with Gasteiger partial charge in [0.1, 0.15) is 23.7 Å². The number of carbonyl (C=O) groups excluding carboxylic acids is 11. The number of hydrogen-bond acceptors (Lipinski definition) is 20. The Morgan fingerprint density at radius 3 is 1.38 bits per heavy atom. The van der Waals surface area contributed by atoms with E-state index in [0.717, 1.165) is 46.8 Å². The Hall–Kier alpha value is -13.4. The number of nitrogens with zero attached hydrogens (tertiary/aromatic N) is 6. The third-order valence-electron chi connectivity index (χ3n) is 23.5. The normalized spacial score (nSPS) is 19.1. The maximum Gasteiger partial charge on any atom is 0.417 e. The number of aromatic nitrogens is 2. The number of imide groups is 4. The number of carboxylic acids is 1. The first-order valence-electron chi connectivity index (χ1n) is 41.2. The van der Waals surface area contributed by atoms with Gasteiger partial charge >= 0.3 is 18.3 Å². The molecule has 14 rings (SSSR count). The molecule has 8 heterocycles. The van der Waals surface area contributed by atoms with Crippen molar-refractivity contribution in [3.8, 4) is 22.3 Å². The largest absolute Gasteiger partial charge is 0.478 e. The predicted molar refractivity (Wildman–Crippen MR) is 453 cm³/mol. The van der Waals surface area contributed by atoms with E-state index in [2.05, 4.69) is 46.4 Å². The second kappa shape index (κ2) is 39.0. The molecule has 4 fully saturated rings. The minimum absolute atomic E-state index is 0.00987. The Morgan fingerprint density at radius 1 is 0.488 bits per heavy atom. The number of carbonyl (C=O) groups is 12. The number of Topliss-reactive ketones (excluding diaryl/α,β-unsaturated/α-hetero) is 1. The van der Waals surface area contributed by atoms with Crippen LogP contribution in [-0.2, 0) is 38.0 Å². The van der Waals surface area contributed by atoms with Crippen molar-refractivity contribution in [2.75, 3.05) is 79.1 Å². The lowest BCUT2D eigenvalue weighted by Crippen LogP contribution is -2.55. The van der Waals surface area contributed by atoms with Gasteiger partial charge in [0.2, 0.25) is 34.7 Å². The lowest BCUT2D eigenvalue weighted by molar-refractivity contribution is -0.138. The van der Waals surface area contributed by atoms with Gasteiger partial charge in [-0.15, -0.1) is 0 Å². The van der Waals surface area contributed by atoms with Gasteiger partial charge in [0, 0.05) is 123 Å². The molecule has 2 unspecified atom stereocenters. The number of aromatic amines is 2. The zero-order valence-electron chi connectivity index (χ0n) is 69.8. The highest BCUT2D eigenvalue weighted by molar-refractivity contribution is 6.26. The number of pyridine rings is 2. The fourth-order valence-corrected chi connectivity index (χ4v) is 16.4. The lowest BCUT2D eigenvalue weighted by Gasteiger charge is -2.44. The second-order valence-corrected chi connectivity index (χ2v) is 32.1. The Kier molecular flexibility index (Phi) is 28.5. The van der Waals surface area contributed by atoms with E-state index in [0.29, 0.717) is 123 Å². The number of ketones is 1. The fraction of sp³-hybridized carbons (Fsp3) is 0.356. The molecule has 0 bridgehead atoms. The van der Waals surface area contributed by atoms with E-state index in [-0.39, 0.29) is 118 Å². The van der Waals surface area contributed by atoms with Crippen LogP contribution < -0.4 is 53.2 Å². The number of H-pyrrole nitrogens is 2. The fourth-order valence-electron chi connectivity index (χ4n) is 16.4. The third-order valence-corrected chi connectivity index (χ3v) is 23.5. The highest BCUT2D eigenvalue weighted by Crippen LogP contribution is 2.41. The van der Waals surface area contributed by atoms with E-state index in [1.165, 1.54) is 42.5 Å². The number of piperazine rings is 2. The van der Waals surface area contributed by atoms with Crippen LogP contribution in [0, 0.1) is 11.6 Å². The molecule has 6 aliphatic rings. The summed E-state index contributed by atoms with van der Waals surface area (Å²) < 4.78 is 113. The van der Waals surface area contributed by atoms with Crippen molar-refractivity contribution in [1.82, 2.24) is 40.2 Å². The molecule has 0 aliphatic carbocycles. The molecule has 4 saturated heterocycles. The van der Waals surface area contributed by atoms with E-state index < -0.39 is 129 Å². The Morgan fingerprint density at radius 2 is 0.929 bits per heavy atom. The predicted octanol–water partition coefficient (Wildman–Crippen LogP) is 11.7. The summed E-state index contributed by atoms with van der Waals surface area (Å²) in [6.07, 6.45) is -2.98. The smallest absolute Gasteiger partial charge is 0.417 e. The number of anilines is 5. The number of fused-ring (bicyclic) bond motifs is 2. The Bertz CT molecular complexity index is 5810.